The molecule has 8 heterocycles. The van der Waals surface area contributed by atoms with Crippen LogP contribution in [-0.4, -0.2) is 112 Å². The molecule has 3 N–H and O–H groups in total. The number of thiophene rings is 1. The van der Waals surface area contributed by atoms with Crippen molar-refractivity contribution >= 4 is 77.5 Å². The molecule has 73 heavy (non-hydrogen) atoms. The summed E-state index contributed by atoms with van der Waals surface area (Å²) in [6.07, 6.45) is 12.9. The van der Waals surface area contributed by atoms with E-state index in [1.807, 2.05) is 11.7 Å². The standard InChI is InChI=1S/C55H59ClF2N10O4S/c1-65-41-23-32(3-4-34(41)46(64-65)36-6-8-42(69)61-51(36)70)31-9-18-67(19-10-31)33-25-53(26-33)14-20-66(21-15-53)28-54(12-13-54)30-71-52-62-47-37(50(63-52)68-17-2-11-55(29-68)16-22-72-55)24-39(56)44(45(47)58)35-5-7-40(57)48-43(35)38(27-59)49(60)73-48/h3-5,7,23-24,31,33,36H,2,6,8-22,25-26,28-30,60H2,1H3,(H,61,69,70)/t36?,55-/m0/s1. The highest BCUT2D eigenvalue weighted by Gasteiger charge is 2.51. The van der Waals surface area contributed by atoms with Gasteiger partial charge in [0.05, 0.1) is 51.2 Å². The van der Waals surface area contributed by atoms with Crippen molar-refractivity contribution in [2.75, 3.05) is 69.7 Å². The summed E-state index contributed by atoms with van der Waals surface area (Å²) >= 11 is 7.95. The average molecular weight is 1030 g/mol. The number of hydrogen-bond acceptors (Lipinski definition) is 13. The van der Waals surface area contributed by atoms with Gasteiger partial charge in [0.15, 0.2) is 5.82 Å². The van der Waals surface area contributed by atoms with Gasteiger partial charge in [0.25, 0.3) is 0 Å². The number of aromatic nitrogens is 4. The first-order valence-electron chi connectivity index (χ1n) is 26.2. The summed E-state index contributed by atoms with van der Waals surface area (Å²) in [5.41, 5.74) is 9.86. The van der Waals surface area contributed by atoms with Gasteiger partial charge in [-0.15, -0.1) is 11.3 Å². The van der Waals surface area contributed by atoms with Crippen molar-refractivity contribution < 1.29 is 27.8 Å². The number of piperidine rings is 4. The third kappa shape index (κ3) is 8.21. The lowest BCUT2D eigenvalue weighted by Gasteiger charge is -2.56. The minimum Gasteiger partial charge on any atom is -0.463 e. The Morgan fingerprint density at radius 1 is 0.986 bits per heavy atom. The van der Waals surface area contributed by atoms with Gasteiger partial charge in [-0.2, -0.15) is 20.3 Å². The number of nitriles is 1. The lowest BCUT2D eigenvalue weighted by molar-refractivity contribution is -0.151. The van der Waals surface area contributed by atoms with Crippen LogP contribution in [0, 0.1) is 33.8 Å². The van der Waals surface area contributed by atoms with Gasteiger partial charge in [-0.25, -0.2) is 8.78 Å². The Morgan fingerprint density at radius 2 is 1.78 bits per heavy atom. The van der Waals surface area contributed by atoms with Crippen LogP contribution >= 0.6 is 22.9 Å². The second-order valence-electron chi connectivity index (χ2n) is 22.6. The molecule has 3 aromatic heterocycles. The van der Waals surface area contributed by atoms with E-state index in [1.54, 1.807) is 6.07 Å². The largest absolute Gasteiger partial charge is 0.463 e. The molecular formula is C55H59ClF2N10O4S. The predicted molar refractivity (Wildman–Crippen MR) is 277 cm³/mol. The van der Waals surface area contributed by atoms with Gasteiger partial charge in [-0.05, 0) is 137 Å². The highest BCUT2D eigenvalue weighted by Crippen LogP contribution is 2.54. The second kappa shape index (κ2) is 17.8. The number of nitrogens with zero attached hydrogens (tertiary/aromatic N) is 8. The fraction of sp³-hybridized carbons (Fsp3) is 0.527. The Labute approximate surface area is 431 Å². The first kappa shape index (κ1) is 47.2. The summed E-state index contributed by atoms with van der Waals surface area (Å²) in [5, 5.41) is 19.2. The van der Waals surface area contributed by atoms with Crippen molar-refractivity contribution in [2.24, 2.45) is 17.9 Å². The number of fused-ring (bicyclic) bond motifs is 3. The van der Waals surface area contributed by atoms with E-state index in [9.17, 15) is 14.9 Å². The van der Waals surface area contributed by atoms with Crippen LogP contribution in [0.25, 0.3) is 43.0 Å². The van der Waals surface area contributed by atoms with Crippen LogP contribution in [0.5, 0.6) is 6.01 Å². The topological polar surface area (TPSA) is 168 Å². The first-order chi connectivity index (χ1) is 35.3. The van der Waals surface area contributed by atoms with E-state index >= 15 is 8.78 Å². The fourth-order valence-electron chi connectivity index (χ4n) is 13.6. The molecule has 2 aliphatic carbocycles. The number of nitrogens with two attached hydrogens (primary N) is 1. The third-order valence-corrected chi connectivity index (χ3v) is 19.4. The van der Waals surface area contributed by atoms with E-state index in [1.165, 1.54) is 43.4 Å². The molecule has 6 aromatic rings. The number of hydrogen-bond donors (Lipinski definition) is 2. The number of anilines is 2. The molecule has 3 aromatic carbocycles. The zero-order valence-electron chi connectivity index (χ0n) is 41.1. The number of nitrogen functional groups attached to an aromatic ring is 1. The van der Waals surface area contributed by atoms with Crippen molar-refractivity contribution in [3.05, 3.63) is 69.9 Å². The van der Waals surface area contributed by atoms with Crippen molar-refractivity contribution in [2.45, 2.75) is 107 Å². The van der Waals surface area contributed by atoms with E-state index in [-0.39, 0.29) is 71.2 Å². The molecule has 7 aliphatic rings. The number of halogens is 3. The molecule has 2 atom stereocenters. The summed E-state index contributed by atoms with van der Waals surface area (Å²) in [7, 11) is 1.94. The van der Waals surface area contributed by atoms with Crippen LogP contribution in [-0.2, 0) is 21.4 Å². The maximum atomic E-state index is 17.4. The number of likely N-dealkylation sites (tertiary alicyclic amines) is 2. The number of benzene rings is 3. The number of rotatable bonds is 10. The number of nitrogens with one attached hydrogen (secondary N) is 1. The Morgan fingerprint density at radius 3 is 2.51 bits per heavy atom. The predicted octanol–water partition coefficient (Wildman–Crippen LogP) is 9.35. The van der Waals surface area contributed by atoms with Crippen LogP contribution in [0.15, 0.2) is 36.4 Å². The summed E-state index contributed by atoms with van der Waals surface area (Å²) in [6.45, 7) is 7.75. The number of carbonyl (C=O) groups excluding carboxylic acids is 2. The Hall–Kier alpha value is -5.51. The lowest BCUT2D eigenvalue weighted by Crippen LogP contribution is -2.56. The molecule has 2 spiro atoms. The highest BCUT2D eigenvalue weighted by molar-refractivity contribution is 7.23. The minimum absolute atomic E-state index is 0.0196. The second-order valence-corrected chi connectivity index (χ2v) is 24.0. The first-order valence-corrected chi connectivity index (χ1v) is 27.4. The zero-order valence-corrected chi connectivity index (χ0v) is 42.7. The number of amides is 2. The fourth-order valence-corrected chi connectivity index (χ4v) is 14.8. The Balaban J connectivity index is 0.657. The summed E-state index contributed by atoms with van der Waals surface area (Å²) < 4.78 is 47.2. The quantitative estimate of drug-likeness (QED) is 0.125. The highest BCUT2D eigenvalue weighted by atomic mass is 35.5. The van der Waals surface area contributed by atoms with E-state index in [4.69, 9.17) is 41.9 Å². The number of carbonyl (C=O) groups is 2. The molecule has 2 amide bonds. The van der Waals surface area contributed by atoms with Gasteiger partial charge in [-0.1, -0.05) is 29.8 Å². The Kier molecular flexibility index (Phi) is 11.5. The van der Waals surface area contributed by atoms with Gasteiger partial charge in [0.1, 0.15) is 28.2 Å². The van der Waals surface area contributed by atoms with Crippen molar-refractivity contribution in [1.82, 2.24) is 34.9 Å². The van der Waals surface area contributed by atoms with Crippen LogP contribution in [0.1, 0.15) is 112 Å². The van der Waals surface area contributed by atoms with Crippen LogP contribution in [0.2, 0.25) is 5.02 Å². The monoisotopic (exact) mass is 1030 g/mol. The molecule has 5 aliphatic heterocycles. The number of aryl methyl sites for hydroxylation is 1. The normalized spacial score (nSPS) is 24.6. The third-order valence-electron chi connectivity index (χ3n) is 18.1. The van der Waals surface area contributed by atoms with Crippen molar-refractivity contribution in [1.29, 1.82) is 5.26 Å². The smallest absolute Gasteiger partial charge is 0.319 e. The summed E-state index contributed by atoms with van der Waals surface area (Å²) in [5.74, 6) is -1.07. The molecule has 1 unspecified atom stereocenters. The zero-order chi connectivity index (χ0) is 50.0. The molecule has 380 valence electrons. The van der Waals surface area contributed by atoms with E-state index < -0.39 is 17.6 Å². The minimum atomic E-state index is -0.695. The van der Waals surface area contributed by atoms with Gasteiger partial charge in [0.2, 0.25) is 11.8 Å². The average Bonchev–Trinajstić information content (AvgIpc) is 3.94. The maximum absolute atomic E-state index is 17.4. The summed E-state index contributed by atoms with van der Waals surface area (Å²) in [6, 6.07) is 13.9. The molecule has 2 saturated carbocycles. The molecular weight excluding hydrogens is 970 g/mol. The molecule has 5 saturated heterocycles. The van der Waals surface area contributed by atoms with E-state index in [2.05, 4.69) is 44.3 Å². The van der Waals surface area contributed by atoms with Crippen LogP contribution in [0.3, 0.4) is 0 Å². The maximum Gasteiger partial charge on any atom is 0.319 e. The number of ether oxygens (including phenoxy) is 2. The number of imide groups is 1. The van der Waals surface area contributed by atoms with E-state index in [0.717, 1.165) is 106 Å². The lowest BCUT2D eigenvalue weighted by atomic mass is 9.59. The summed E-state index contributed by atoms with van der Waals surface area (Å²) in [4.78, 5) is 41.7. The molecule has 7 fully saturated rings. The molecule has 0 bridgehead atoms. The van der Waals surface area contributed by atoms with Crippen LogP contribution < -0.4 is 20.7 Å². The van der Waals surface area contributed by atoms with Crippen molar-refractivity contribution in [3.63, 3.8) is 0 Å². The molecule has 14 nitrogen and oxygen atoms in total. The van der Waals surface area contributed by atoms with Gasteiger partial charge in [0, 0.05) is 72.7 Å². The van der Waals surface area contributed by atoms with Gasteiger partial charge >= 0.3 is 6.01 Å². The van der Waals surface area contributed by atoms with Gasteiger partial charge in [-0.3, -0.25) is 19.6 Å². The Bertz CT molecular complexity index is 3290. The molecule has 0 radical (unpaired) electrons. The van der Waals surface area contributed by atoms with Gasteiger partial charge < -0.3 is 29.9 Å². The molecule has 18 heteroatoms. The van der Waals surface area contributed by atoms with Crippen molar-refractivity contribution in [3.8, 4) is 23.2 Å². The van der Waals surface area contributed by atoms with Crippen LogP contribution in [0.4, 0.5) is 19.6 Å². The van der Waals surface area contributed by atoms with E-state index in [0.29, 0.717) is 67.7 Å². The molecule has 13 rings (SSSR count). The SMILES string of the molecule is Cn1nc(C2CCC(=O)NC2=O)c2ccc(C3CCN(C4CC5(CCN(CC6(COc7nc(N8CCC[C@]9(CCO9)C8)c8cc(Cl)c(-c9ccc(F)c%10sc(N)c(C#N)c9%10)c(F)c8n7)CC6)CC5)C4)CC3)cc21.